The van der Waals surface area contributed by atoms with Crippen molar-refractivity contribution in [1.82, 2.24) is 24.5 Å². The standard InChI is InChI=1S/C13H19ClN6O/c1-4-5-6-20-13(21)11(14)10(7-16-20)17-9(2)12-18-15-8-19(12)3/h7-9,17H,4-6H2,1-3H3. The van der Waals surface area contributed by atoms with Gasteiger partial charge in [-0.3, -0.25) is 4.79 Å². The molecule has 0 saturated carbocycles. The lowest BCUT2D eigenvalue weighted by atomic mass is 10.3. The van der Waals surface area contributed by atoms with Gasteiger partial charge in [0.1, 0.15) is 11.3 Å². The lowest BCUT2D eigenvalue weighted by Gasteiger charge is -2.15. The average Bonchev–Trinajstić information content (AvgIpc) is 2.89. The molecule has 0 spiro atoms. The first-order valence-corrected chi connectivity index (χ1v) is 7.28. The zero-order valence-corrected chi connectivity index (χ0v) is 13.1. The normalized spacial score (nSPS) is 12.4. The summed E-state index contributed by atoms with van der Waals surface area (Å²) < 4.78 is 3.20. The molecule has 0 aliphatic heterocycles. The second-order valence-electron chi connectivity index (χ2n) is 4.92. The molecule has 21 heavy (non-hydrogen) atoms. The highest BCUT2D eigenvalue weighted by Crippen LogP contribution is 2.21. The van der Waals surface area contributed by atoms with Gasteiger partial charge in [0.15, 0.2) is 5.82 Å². The molecule has 0 amide bonds. The highest BCUT2D eigenvalue weighted by Gasteiger charge is 2.15. The van der Waals surface area contributed by atoms with E-state index in [0.717, 1.165) is 18.7 Å². The molecule has 7 nitrogen and oxygen atoms in total. The number of hydrogen-bond donors (Lipinski definition) is 1. The van der Waals surface area contributed by atoms with E-state index in [4.69, 9.17) is 11.6 Å². The first-order valence-electron chi connectivity index (χ1n) is 6.90. The summed E-state index contributed by atoms with van der Waals surface area (Å²) >= 11 is 6.14. The van der Waals surface area contributed by atoms with Crippen molar-refractivity contribution in [3.05, 3.63) is 33.7 Å². The van der Waals surface area contributed by atoms with Crippen LogP contribution in [0.4, 0.5) is 5.69 Å². The van der Waals surface area contributed by atoms with Crippen molar-refractivity contribution in [3.63, 3.8) is 0 Å². The molecule has 2 rings (SSSR count). The molecule has 8 heteroatoms. The molecule has 0 aliphatic carbocycles. The molecule has 0 aromatic carbocycles. The number of aryl methyl sites for hydroxylation is 2. The van der Waals surface area contributed by atoms with Gasteiger partial charge in [-0.25, -0.2) is 4.68 Å². The van der Waals surface area contributed by atoms with Gasteiger partial charge < -0.3 is 9.88 Å². The average molecular weight is 311 g/mol. The van der Waals surface area contributed by atoms with E-state index in [1.807, 2.05) is 18.5 Å². The van der Waals surface area contributed by atoms with Crippen LogP contribution < -0.4 is 10.9 Å². The van der Waals surface area contributed by atoms with Crippen LogP contribution >= 0.6 is 11.6 Å². The Morgan fingerprint density at radius 1 is 1.48 bits per heavy atom. The predicted molar refractivity (Wildman–Crippen MR) is 81.5 cm³/mol. The lowest BCUT2D eigenvalue weighted by molar-refractivity contribution is 0.543. The molecule has 2 aromatic heterocycles. The minimum absolute atomic E-state index is 0.136. The summed E-state index contributed by atoms with van der Waals surface area (Å²) in [5.41, 5.74) is 0.227. The van der Waals surface area contributed by atoms with Crippen molar-refractivity contribution < 1.29 is 0 Å². The van der Waals surface area contributed by atoms with Crippen molar-refractivity contribution in [2.24, 2.45) is 7.05 Å². The van der Waals surface area contributed by atoms with Crippen LogP contribution in [0, 0.1) is 0 Å². The number of aromatic nitrogens is 5. The maximum Gasteiger partial charge on any atom is 0.287 e. The van der Waals surface area contributed by atoms with Gasteiger partial charge in [0, 0.05) is 13.6 Å². The smallest absolute Gasteiger partial charge is 0.287 e. The zero-order chi connectivity index (χ0) is 15.4. The third kappa shape index (κ3) is 3.41. The van der Waals surface area contributed by atoms with E-state index in [2.05, 4.69) is 27.5 Å². The SMILES string of the molecule is CCCCn1ncc(NC(C)c2nncn2C)c(Cl)c1=O. The molecule has 0 saturated heterocycles. The van der Waals surface area contributed by atoms with Gasteiger partial charge in [-0.1, -0.05) is 24.9 Å². The summed E-state index contributed by atoms with van der Waals surface area (Å²) in [6.45, 7) is 4.56. The van der Waals surface area contributed by atoms with Crippen LogP contribution in [0.3, 0.4) is 0 Å². The molecule has 0 bridgehead atoms. The maximum atomic E-state index is 12.1. The van der Waals surface area contributed by atoms with E-state index >= 15 is 0 Å². The highest BCUT2D eigenvalue weighted by molar-refractivity contribution is 6.32. The largest absolute Gasteiger partial charge is 0.373 e. The molecule has 1 N–H and O–H groups in total. The van der Waals surface area contributed by atoms with Crippen molar-refractivity contribution >= 4 is 17.3 Å². The molecule has 2 heterocycles. The fourth-order valence-corrected chi connectivity index (χ4v) is 2.22. The molecule has 0 aliphatic rings. The summed E-state index contributed by atoms with van der Waals surface area (Å²) in [5.74, 6) is 0.751. The Bertz CT molecular complexity index is 665. The van der Waals surface area contributed by atoms with Crippen LogP contribution in [-0.2, 0) is 13.6 Å². The Hall–Kier alpha value is -1.89. The summed E-state index contributed by atoms with van der Waals surface area (Å²) in [5, 5.41) is 15.3. The van der Waals surface area contributed by atoms with Crippen LogP contribution in [-0.4, -0.2) is 24.5 Å². The van der Waals surface area contributed by atoms with Crippen molar-refractivity contribution in [2.75, 3.05) is 5.32 Å². The molecule has 2 aromatic rings. The van der Waals surface area contributed by atoms with Crippen LogP contribution in [0.2, 0.25) is 5.02 Å². The van der Waals surface area contributed by atoms with E-state index in [1.54, 1.807) is 12.5 Å². The summed E-state index contributed by atoms with van der Waals surface area (Å²) in [4.78, 5) is 12.1. The number of anilines is 1. The number of rotatable bonds is 6. The lowest BCUT2D eigenvalue weighted by Crippen LogP contribution is -2.25. The number of halogens is 1. The molecule has 1 atom stereocenters. The number of unbranched alkanes of at least 4 members (excludes halogenated alkanes) is 1. The third-order valence-corrected chi connectivity index (χ3v) is 3.58. The Kier molecular flexibility index (Phi) is 4.95. The Labute approximate surface area is 128 Å². The van der Waals surface area contributed by atoms with Gasteiger partial charge in [0.2, 0.25) is 0 Å². The number of hydrogen-bond acceptors (Lipinski definition) is 5. The van der Waals surface area contributed by atoms with E-state index in [9.17, 15) is 4.79 Å². The second-order valence-corrected chi connectivity index (χ2v) is 5.30. The fraction of sp³-hybridized carbons (Fsp3) is 0.538. The third-order valence-electron chi connectivity index (χ3n) is 3.21. The predicted octanol–water partition coefficient (Wildman–Crippen LogP) is 2.00. The summed E-state index contributed by atoms with van der Waals surface area (Å²) in [6.07, 6.45) is 5.09. The van der Waals surface area contributed by atoms with Gasteiger partial charge in [-0.2, -0.15) is 5.10 Å². The topological polar surface area (TPSA) is 77.6 Å². The summed E-state index contributed by atoms with van der Waals surface area (Å²) in [6, 6.07) is -0.136. The number of nitrogens with zero attached hydrogens (tertiary/aromatic N) is 5. The van der Waals surface area contributed by atoms with Crippen LogP contribution in [0.5, 0.6) is 0 Å². The minimum Gasteiger partial charge on any atom is -0.373 e. The van der Waals surface area contributed by atoms with Gasteiger partial charge in [0.05, 0.1) is 17.9 Å². The van der Waals surface area contributed by atoms with Gasteiger partial charge in [-0.05, 0) is 13.3 Å². The van der Waals surface area contributed by atoms with Crippen LogP contribution in [0.25, 0.3) is 0 Å². The monoisotopic (exact) mass is 310 g/mol. The second kappa shape index (κ2) is 6.71. The minimum atomic E-state index is -0.278. The molecular formula is C13H19ClN6O. The number of nitrogens with one attached hydrogen (secondary N) is 1. The zero-order valence-electron chi connectivity index (χ0n) is 12.4. The Balaban J connectivity index is 2.20. The first-order chi connectivity index (χ1) is 10.0. The van der Waals surface area contributed by atoms with E-state index in [1.165, 1.54) is 4.68 Å². The maximum absolute atomic E-state index is 12.1. The van der Waals surface area contributed by atoms with Gasteiger partial charge >= 0.3 is 0 Å². The van der Waals surface area contributed by atoms with Crippen molar-refractivity contribution in [3.8, 4) is 0 Å². The summed E-state index contributed by atoms with van der Waals surface area (Å²) in [7, 11) is 1.86. The first kappa shape index (κ1) is 15.5. The van der Waals surface area contributed by atoms with Gasteiger partial charge in [0.25, 0.3) is 5.56 Å². The molecule has 114 valence electrons. The molecule has 1 unspecified atom stereocenters. The van der Waals surface area contributed by atoms with Crippen molar-refractivity contribution in [1.29, 1.82) is 0 Å². The Morgan fingerprint density at radius 3 is 2.86 bits per heavy atom. The fourth-order valence-electron chi connectivity index (χ4n) is 2.01. The quantitative estimate of drug-likeness (QED) is 0.883. The van der Waals surface area contributed by atoms with Crippen LogP contribution in [0.15, 0.2) is 17.3 Å². The van der Waals surface area contributed by atoms with E-state index < -0.39 is 0 Å². The van der Waals surface area contributed by atoms with E-state index in [0.29, 0.717) is 12.2 Å². The molecule has 0 fully saturated rings. The van der Waals surface area contributed by atoms with Gasteiger partial charge in [-0.15, -0.1) is 10.2 Å². The molecular weight excluding hydrogens is 292 g/mol. The molecule has 0 radical (unpaired) electrons. The highest BCUT2D eigenvalue weighted by atomic mass is 35.5. The van der Waals surface area contributed by atoms with Crippen LogP contribution in [0.1, 0.15) is 38.6 Å². The van der Waals surface area contributed by atoms with E-state index in [-0.39, 0.29) is 16.6 Å². The Morgan fingerprint density at radius 2 is 2.24 bits per heavy atom. The van der Waals surface area contributed by atoms with Crippen molar-refractivity contribution in [2.45, 2.75) is 39.3 Å².